The molecule has 142 valence electrons. The lowest BCUT2D eigenvalue weighted by atomic mass is 9.99. The number of esters is 1. The van der Waals surface area contributed by atoms with E-state index in [0.29, 0.717) is 23.6 Å². The van der Waals surface area contributed by atoms with Crippen LogP contribution >= 0.6 is 0 Å². The first-order valence-corrected chi connectivity index (χ1v) is 9.22. The summed E-state index contributed by atoms with van der Waals surface area (Å²) in [5.74, 6) is 0.808. The molecule has 1 fully saturated rings. The number of amides is 1. The number of carbonyl (C=O) groups is 2. The topological polar surface area (TPSA) is 84.4 Å². The van der Waals surface area contributed by atoms with Crippen molar-refractivity contribution < 1.29 is 14.3 Å². The zero-order valence-corrected chi connectivity index (χ0v) is 15.6. The van der Waals surface area contributed by atoms with Gasteiger partial charge in [0.15, 0.2) is 0 Å². The van der Waals surface area contributed by atoms with Crippen LogP contribution in [0.5, 0.6) is 0 Å². The summed E-state index contributed by atoms with van der Waals surface area (Å²) in [5.41, 5.74) is 1.34. The molecule has 1 aromatic carbocycles. The average molecular weight is 368 g/mol. The Balaban J connectivity index is 1.66. The first-order chi connectivity index (χ1) is 13.1. The first kappa shape index (κ1) is 18.8. The second kappa shape index (κ2) is 8.62. The summed E-state index contributed by atoms with van der Waals surface area (Å²) in [6.07, 6.45) is 3.67. The number of aromatic nitrogens is 2. The monoisotopic (exact) mass is 368 g/mol. The van der Waals surface area contributed by atoms with Crippen molar-refractivity contribution in [3.05, 3.63) is 47.9 Å². The van der Waals surface area contributed by atoms with E-state index in [1.807, 2.05) is 0 Å². The van der Waals surface area contributed by atoms with Gasteiger partial charge in [0.1, 0.15) is 17.8 Å². The highest BCUT2D eigenvalue weighted by atomic mass is 16.5. The Kier molecular flexibility index (Phi) is 6.01. The van der Waals surface area contributed by atoms with E-state index in [9.17, 15) is 9.59 Å². The van der Waals surface area contributed by atoms with Crippen molar-refractivity contribution in [2.45, 2.75) is 26.7 Å². The van der Waals surface area contributed by atoms with Gasteiger partial charge in [-0.3, -0.25) is 4.79 Å². The van der Waals surface area contributed by atoms with Crippen LogP contribution in [-0.2, 0) is 4.74 Å². The Morgan fingerprint density at radius 2 is 1.89 bits per heavy atom. The van der Waals surface area contributed by atoms with Crippen LogP contribution in [-0.4, -0.2) is 41.5 Å². The van der Waals surface area contributed by atoms with Crippen LogP contribution < -0.4 is 10.2 Å². The number of hydrogen-bond acceptors (Lipinski definition) is 6. The maximum atomic E-state index is 12.5. The largest absolute Gasteiger partial charge is 0.462 e. The number of ether oxygens (including phenoxy) is 1. The number of piperidine rings is 1. The highest BCUT2D eigenvalue weighted by Crippen LogP contribution is 2.21. The molecule has 1 saturated heterocycles. The summed E-state index contributed by atoms with van der Waals surface area (Å²) in [5, 5.41) is 2.79. The standard InChI is InChI=1S/C20H24N4O3/c1-3-27-20(26)15-4-6-16(7-5-15)23-19(25)17-12-18(22-13-21-17)24-10-8-14(2)9-11-24/h4-7,12-14H,3,8-11H2,1-2H3,(H,23,25). The Bertz CT molecular complexity index is 799. The maximum absolute atomic E-state index is 12.5. The molecule has 0 bridgehead atoms. The summed E-state index contributed by atoms with van der Waals surface area (Å²) in [7, 11) is 0. The van der Waals surface area contributed by atoms with Gasteiger partial charge in [-0.05, 0) is 49.9 Å². The molecule has 0 aliphatic carbocycles. The minimum atomic E-state index is -0.383. The lowest BCUT2D eigenvalue weighted by molar-refractivity contribution is 0.0526. The third-order valence-corrected chi connectivity index (χ3v) is 4.65. The van der Waals surface area contributed by atoms with E-state index < -0.39 is 0 Å². The van der Waals surface area contributed by atoms with Crippen molar-refractivity contribution in [1.82, 2.24) is 9.97 Å². The summed E-state index contributed by atoms with van der Waals surface area (Å²) in [6.45, 7) is 6.21. The Morgan fingerprint density at radius 1 is 1.19 bits per heavy atom. The molecule has 2 heterocycles. The van der Waals surface area contributed by atoms with Gasteiger partial charge in [-0.1, -0.05) is 6.92 Å². The molecule has 27 heavy (non-hydrogen) atoms. The molecular formula is C20H24N4O3. The zero-order valence-electron chi connectivity index (χ0n) is 15.6. The van der Waals surface area contributed by atoms with Crippen molar-refractivity contribution in [3.8, 4) is 0 Å². The highest BCUT2D eigenvalue weighted by molar-refractivity contribution is 6.03. The molecular weight excluding hydrogens is 344 g/mol. The molecule has 1 aliphatic rings. The molecule has 0 radical (unpaired) electrons. The second-order valence-corrected chi connectivity index (χ2v) is 6.68. The quantitative estimate of drug-likeness (QED) is 0.816. The van der Waals surface area contributed by atoms with E-state index in [1.54, 1.807) is 37.3 Å². The van der Waals surface area contributed by atoms with Crippen molar-refractivity contribution in [1.29, 1.82) is 0 Å². The number of nitrogens with one attached hydrogen (secondary N) is 1. The number of rotatable bonds is 5. The van der Waals surface area contributed by atoms with Gasteiger partial charge < -0.3 is 15.0 Å². The van der Waals surface area contributed by atoms with Crippen molar-refractivity contribution in [2.24, 2.45) is 5.92 Å². The van der Waals surface area contributed by atoms with Crippen LogP contribution in [0, 0.1) is 5.92 Å². The van der Waals surface area contributed by atoms with Gasteiger partial charge in [0.2, 0.25) is 0 Å². The first-order valence-electron chi connectivity index (χ1n) is 9.22. The zero-order chi connectivity index (χ0) is 19.2. The van der Waals surface area contributed by atoms with Gasteiger partial charge in [-0.25, -0.2) is 14.8 Å². The fraction of sp³-hybridized carbons (Fsp3) is 0.400. The summed E-state index contributed by atoms with van der Waals surface area (Å²) in [6, 6.07) is 8.29. The number of hydrogen-bond donors (Lipinski definition) is 1. The summed E-state index contributed by atoms with van der Waals surface area (Å²) in [4.78, 5) is 34.8. The van der Waals surface area contributed by atoms with Crippen LogP contribution in [0.4, 0.5) is 11.5 Å². The predicted octanol–water partition coefficient (Wildman–Crippen LogP) is 3.14. The van der Waals surface area contributed by atoms with Gasteiger partial charge in [0, 0.05) is 24.8 Å². The maximum Gasteiger partial charge on any atom is 0.338 e. The number of nitrogens with zero attached hydrogens (tertiary/aromatic N) is 3. The Morgan fingerprint density at radius 3 is 2.56 bits per heavy atom. The minimum absolute atomic E-state index is 0.312. The molecule has 7 nitrogen and oxygen atoms in total. The van der Waals surface area contributed by atoms with E-state index in [1.165, 1.54) is 6.33 Å². The fourth-order valence-electron chi connectivity index (χ4n) is 2.98. The molecule has 0 spiro atoms. The molecule has 1 aliphatic heterocycles. The molecule has 2 aromatic rings. The van der Waals surface area contributed by atoms with Crippen molar-refractivity contribution in [2.75, 3.05) is 29.9 Å². The minimum Gasteiger partial charge on any atom is -0.462 e. The van der Waals surface area contributed by atoms with Crippen LogP contribution in [0.3, 0.4) is 0 Å². The molecule has 1 aromatic heterocycles. The molecule has 0 unspecified atom stereocenters. The molecule has 7 heteroatoms. The van der Waals surface area contributed by atoms with E-state index in [0.717, 1.165) is 37.7 Å². The molecule has 0 saturated carbocycles. The van der Waals surface area contributed by atoms with Gasteiger partial charge in [0.25, 0.3) is 5.91 Å². The number of carbonyl (C=O) groups excluding carboxylic acids is 2. The van der Waals surface area contributed by atoms with Crippen LogP contribution in [0.1, 0.15) is 47.5 Å². The summed E-state index contributed by atoms with van der Waals surface area (Å²) < 4.78 is 4.95. The van der Waals surface area contributed by atoms with Gasteiger partial charge in [-0.15, -0.1) is 0 Å². The van der Waals surface area contributed by atoms with Crippen LogP contribution in [0.15, 0.2) is 36.7 Å². The van der Waals surface area contributed by atoms with Crippen LogP contribution in [0.25, 0.3) is 0 Å². The Labute approximate surface area is 158 Å². The normalized spacial score (nSPS) is 14.7. The van der Waals surface area contributed by atoms with E-state index in [-0.39, 0.29) is 11.9 Å². The lowest BCUT2D eigenvalue weighted by Crippen LogP contribution is -2.33. The van der Waals surface area contributed by atoms with Gasteiger partial charge >= 0.3 is 5.97 Å². The van der Waals surface area contributed by atoms with E-state index in [2.05, 4.69) is 27.1 Å². The van der Waals surface area contributed by atoms with E-state index >= 15 is 0 Å². The number of anilines is 2. The summed E-state index contributed by atoms with van der Waals surface area (Å²) >= 11 is 0. The molecule has 1 N–H and O–H groups in total. The van der Waals surface area contributed by atoms with Gasteiger partial charge in [0.05, 0.1) is 12.2 Å². The molecule has 0 atom stereocenters. The third-order valence-electron chi connectivity index (χ3n) is 4.65. The second-order valence-electron chi connectivity index (χ2n) is 6.68. The average Bonchev–Trinajstić information content (AvgIpc) is 2.69. The fourth-order valence-corrected chi connectivity index (χ4v) is 2.98. The lowest BCUT2D eigenvalue weighted by Gasteiger charge is -2.31. The SMILES string of the molecule is CCOC(=O)c1ccc(NC(=O)c2cc(N3CCC(C)CC3)ncn2)cc1. The Hall–Kier alpha value is -2.96. The van der Waals surface area contributed by atoms with Crippen molar-refractivity contribution >= 4 is 23.4 Å². The third kappa shape index (κ3) is 4.81. The predicted molar refractivity (Wildman–Crippen MR) is 103 cm³/mol. The highest BCUT2D eigenvalue weighted by Gasteiger charge is 2.18. The molecule has 1 amide bonds. The number of benzene rings is 1. The smallest absolute Gasteiger partial charge is 0.338 e. The van der Waals surface area contributed by atoms with Gasteiger partial charge in [-0.2, -0.15) is 0 Å². The van der Waals surface area contributed by atoms with Crippen LogP contribution in [0.2, 0.25) is 0 Å². The van der Waals surface area contributed by atoms with Crippen molar-refractivity contribution in [3.63, 3.8) is 0 Å². The molecule has 3 rings (SSSR count). The van der Waals surface area contributed by atoms with E-state index in [4.69, 9.17) is 4.74 Å².